The normalized spacial score (nSPS) is 18.6. The Bertz CT molecular complexity index is 370. The van der Waals surface area contributed by atoms with Crippen LogP contribution in [0.3, 0.4) is 0 Å². The molecule has 1 fully saturated rings. The van der Waals surface area contributed by atoms with E-state index in [0.717, 1.165) is 5.56 Å². The van der Waals surface area contributed by atoms with Crippen LogP contribution in [0.15, 0.2) is 30.3 Å². The molecular formula is C11H11NO2. The molecule has 2 amide bonds. The maximum Gasteiger partial charge on any atom is 0.246 e. The van der Waals surface area contributed by atoms with Crippen molar-refractivity contribution in [1.29, 1.82) is 0 Å². The van der Waals surface area contributed by atoms with Gasteiger partial charge < -0.3 is 0 Å². The van der Waals surface area contributed by atoms with Crippen LogP contribution in [-0.4, -0.2) is 11.8 Å². The number of imide groups is 1. The molecule has 0 aromatic heterocycles. The maximum atomic E-state index is 11.5. The summed E-state index contributed by atoms with van der Waals surface area (Å²) in [4.78, 5) is 22.9. The van der Waals surface area contributed by atoms with Crippen molar-refractivity contribution in [2.45, 2.75) is 18.8 Å². The van der Waals surface area contributed by atoms with Crippen molar-refractivity contribution < 1.29 is 9.59 Å². The van der Waals surface area contributed by atoms with E-state index < -0.39 is 5.41 Å². The van der Waals surface area contributed by atoms with Gasteiger partial charge in [0.15, 0.2) is 5.41 Å². The molecule has 1 aliphatic heterocycles. The van der Waals surface area contributed by atoms with Crippen LogP contribution in [-0.2, 0) is 15.0 Å². The first-order chi connectivity index (χ1) is 6.71. The highest BCUT2D eigenvalue weighted by Gasteiger charge is 2.54. The average molecular weight is 189 g/mol. The molecule has 0 aliphatic carbocycles. The minimum absolute atomic E-state index is 0.184. The van der Waals surface area contributed by atoms with Crippen LogP contribution in [0.2, 0.25) is 0 Å². The van der Waals surface area contributed by atoms with Gasteiger partial charge >= 0.3 is 0 Å². The predicted octanol–water partition coefficient (Wildman–Crippen LogP) is 0.991. The van der Waals surface area contributed by atoms with Gasteiger partial charge in [-0.2, -0.15) is 0 Å². The summed E-state index contributed by atoms with van der Waals surface area (Å²) < 4.78 is 0. The lowest BCUT2D eigenvalue weighted by Gasteiger charge is -2.37. The molecule has 3 heteroatoms. The molecule has 1 saturated heterocycles. The Morgan fingerprint density at radius 1 is 1.14 bits per heavy atom. The SMILES string of the molecule is CCC1(c2ccccc2)C(=O)NC1=O. The zero-order valence-corrected chi connectivity index (χ0v) is 7.91. The first-order valence-corrected chi connectivity index (χ1v) is 4.63. The maximum absolute atomic E-state index is 11.5. The van der Waals surface area contributed by atoms with Crippen LogP contribution in [0.25, 0.3) is 0 Å². The highest BCUT2D eigenvalue weighted by atomic mass is 16.2. The summed E-state index contributed by atoms with van der Waals surface area (Å²) in [5, 5.41) is 2.27. The third-order valence-corrected chi connectivity index (χ3v) is 2.80. The van der Waals surface area contributed by atoms with Gasteiger partial charge in [-0.05, 0) is 12.0 Å². The fourth-order valence-corrected chi connectivity index (χ4v) is 1.87. The van der Waals surface area contributed by atoms with Gasteiger partial charge in [-0.25, -0.2) is 0 Å². The summed E-state index contributed by atoms with van der Waals surface area (Å²) >= 11 is 0. The first kappa shape index (κ1) is 8.94. The topological polar surface area (TPSA) is 46.2 Å². The van der Waals surface area contributed by atoms with Gasteiger partial charge in [0.2, 0.25) is 11.8 Å². The number of carbonyl (C=O) groups excluding carboxylic acids is 2. The van der Waals surface area contributed by atoms with Gasteiger partial charge in [-0.15, -0.1) is 0 Å². The second-order valence-corrected chi connectivity index (χ2v) is 3.41. The fourth-order valence-electron chi connectivity index (χ4n) is 1.87. The van der Waals surface area contributed by atoms with Crippen LogP contribution in [0.1, 0.15) is 18.9 Å². The predicted molar refractivity (Wildman–Crippen MR) is 51.6 cm³/mol. The van der Waals surface area contributed by atoms with Crippen molar-refractivity contribution in [2.75, 3.05) is 0 Å². The molecule has 0 atom stereocenters. The van der Waals surface area contributed by atoms with E-state index in [9.17, 15) is 9.59 Å². The molecule has 2 rings (SSSR count). The van der Waals surface area contributed by atoms with Gasteiger partial charge in [-0.3, -0.25) is 14.9 Å². The summed E-state index contributed by atoms with van der Waals surface area (Å²) in [5.41, 5.74) is -0.127. The Kier molecular flexibility index (Phi) is 1.88. The molecule has 0 bridgehead atoms. The van der Waals surface area contributed by atoms with E-state index in [1.54, 1.807) is 0 Å². The third kappa shape index (κ3) is 0.923. The minimum Gasteiger partial charge on any atom is -0.294 e. The van der Waals surface area contributed by atoms with Crippen molar-refractivity contribution in [3.8, 4) is 0 Å². The average Bonchev–Trinajstić information content (AvgIpc) is 2.21. The third-order valence-electron chi connectivity index (χ3n) is 2.80. The van der Waals surface area contributed by atoms with Crippen LogP contribution in [0.5, 0.6) is 0 Å². The molecule has 1 aromatic carbocycles. The molecule has 14 heavy (non-hydrogen) atoms. The summed E-state index contributed by atoms with van der Waals surface area (Å²) in [5.74, 6) is -0.368. The molecule has 0 radical (unpaired) electrons. The molecule has 72 valence electrons. The largest absolute Gasteiger partial charge is 0.294 e. The number of hydrogen-bond acceptors (Lipinski definition) is 2. The number of β-lactam (4-membered cyclic amide) rings is 2. The van der Waals surface area contributed by atoms with Crippen molar-refractivity contribution in [2.24, 2.45) is 0 Å². The Labute approximate surface area is 82.1 Å². The molecule has 1 aliphatic rings. The van der Waals surface area contributed by atoms with Crippen LogP contribution in [0.4, 0.5) is 0 Å². The summed E-state index contributed by atoms with van der Waals surface area (Å²) in [6.07, 6.45) is 0.516. The summed E-state index contributed by atoms with van der Waals surface area (Å²) in [7, 11) is 0. The molecule has 0 spiro atoms. The van der Waals surface area contributed by atoms with Gasteiger partial charge in [-0.1, -0.05) is 37.3 Å². The van der Waals surface area contributed by atoms with E-state index in [-0.39, 0.29) is 11.8 Å². The first-order valence-electron chi connectivity index (χ1n) is 4.63. The second-order valence-electron chi connectivity index (χ2n) is 3.41. The van der Waals surface area contributed by atoms with E-state index in [1.807, 2.05) is 37.3 Å². The lowest BCUT2D eigenvalue weighted by atomic mass is 9.71. The fraction of sp³-hybridized carbons (Fsp3) is 0.273. The second kappa shape index (κ2) is 2.94. The van der Waals surface area contributed by atoms with Gasteiger partial charge in [0.1, 0.15) is 0 Å². The lowest BCUT2D eigenvalue weighted by Crippen LogP contribution is -2.66. The monoisotopic (exact) mass is 189 g/mol. The van der Waals surface area contributed by atoms with Crippen molar-refractivity contribution in [1.82, 2.24) is 5.32 Å². The van der Waals surface area contributed by atoms with Crippen molar-refractivity contribution in [3.63, 3.8) is 0 Å². The Morgan fingerprint density at radius 3 is 2.14 bits per heavy atom. The Balaban J connectivity index is 2.49. The number of benzene rings is 1. The number of carbonyl (C=O) groups is 2. The quantitative estimate of drug-likeness (QED) is 0.557. The van der Waals surface area contributed by atoms with Gasteiger partial charge in [0.05, 0.1) is 0 Å². The van der Waals surface area contributed by atoms with Crippen LogP contribution < -0.4 is 5.32 Å². The molecular weight excluding hydrogens is 178 g/mol. The molecule has 0 saturated carbocycles. The summed E-state index contributed by atoms with van der Waals surface area (Å²) in [6.45, 7) is 1.85. The van der Waals surface area contributed by atoms with Gasteiger partial charge in [0, 0.05) is 0 Å². The zero-order valence-electron chi connectivity index (χ0n) is 7.91. The van der Waals surface area contributed by atoms with Crippen molar-refractivity contribution >= 4 is 11.8 Å². The smallest absolute Gasteiger partial charge is 0.246 e. The van der Waals surface area contributed by atoms with E-state index >= 15 is 0 Å². The highest BCUT2D eigenvalue weighted by molar-refractivity contribution is 6.26. The number of nitrogens with one attached hydrogen (secondary N) is 1. The summed E-state index contributed by atoms with van der Waals surface area (Å²) in [6, 6.07) is 9.19. The molecule has 1 heterocycles. The minimum atomic E-state index is -0.915. The number of amides is 2. The highest BCUT2D eigenvalue weighted by Crippen LogP contribution is 2.33. The van der Waals surface area contributed by atoms with E-state index in [2.05, 4.69) is 5.32 Å². The molecule has 1 aromatic rings. The molecule has 1 N–H and O–H groups in total. The van der Waals surface area contributed by atoms with E-state index in [0.29, 0.717) is 6.42 Å². The van der Waals surface area contributed by atoms with Crippen molar-refractivity contribution in [3.05, 3.63) is 35.9 Å². The Morgan fingerprint density at radius 2 is 1.71 bits per heavy atom. The van der Waals surface area contributed by atoms with E-state index in [1.165, 1.54) is 0 Å². The number of hydrogen-bond donors (Lipinski definition) is 1. The van der Waals surface area contributed by atoms with Gasteiger partial charge in [0.25, 0.3) is 0 Å². The van der Waals surface area contributed by atoms with Crippen LogP contribution in [0, 0.1) is 0 Å². The van der Waals surface area contributed by atoms with Crippen LogP contribution >= 0.6 is 0 Å². The standard InChI is InChI=1S/C11H11NO2/c1-2-11(9(13)12-10(11)14)8-6-4-3-5-7-8/h3-7H,2H2,1H3,(H,12,13,14). The number of rotatable bonds is 2. The van der Waals surface area contributed by atoms with E-state index in [4.69, 9.17) is 0 Å². The lowest BCUT2D eigenvalue weighted by molar-refractivity contribution is -0.151. The molecule has 3 nitrogen and oxygen atoms in total. The Hall–Kier alpha value is -1.64. The zero-order chi connectivity index (χ0) is 10.2. The molecule has 0 unspecified atom stereocenters.